The van der Waals surface area contributed by atoms with Gasteiger partial charge >= 0.3 is 1190 Å². The first-order valence-corrected chi connectivity index (χ1v) is 18.9. The summed E-state index contributed by atoms with van der Waals surface area (Å²) < 4.78 is 284. The Morgan fingerprint density at radius 1 is 0.0854 bits per heavy atom. The Morgan fingerprint density at radius 2 is 0.0854 bits per heavy atom. The first kappa shape index (κ1) is 312. The van der Waals surface area contributed by atoms with Gasteiger partial charge < -0.3 is 0 Å². The third kappa shape index (κ3) is 1190. The Labute approximate surface area is 1300 Å². The average Bonchev–Trinajstić information content (AvgIpc) is 2.26. The minimum absolute atomic E-state index is 0. The molecule has 0 aliphatic carbocycles. The molecule has 82 heteroatoms. The second kappa shape index (κ2) is 194. The molecule has 288 valence electrons. The maximum atomic E-state index is 8.74. The molecule has 0 bridgehead atoms. The van der Waals surface area contributed by atoms with Crippen LogP contribution in [0.15, 0.2) is 0 Å². The average molecular weight is 1730 g/mol. The molecular formula is H18Na37O36S9+37. The van der Waals surface area contributed by atoms with Crippen molar-refractivity contribution in [1.29, 1.82) is 0 Å². The Morgan fingerprint density at radius 3 is 0.0854 bits per heavy atom. The molecule has 0 fully saturated rings. The molecule has 0 unspecified atom stereocenters. The second-order valence-corrected chi connectivity index (χ2v) is 12.1. The topological polar surface area (TPSA) is 671 Å². The summed E-state index contributed by atoms with van der Waals surface area (Å²) in [5.74, 6) is 0. The number of hydrogen-bond donors (Lipinski definition) is 18. The van der Waals surface area contributed by atoms with Crippen LogP contribution in [-0.2, 0) is 93.6 Å². The molecule has 0 atom stereocenters. The zero-order valence-corrected chi connectivity index (χ0v) is 137. The van der Waals surface area contributed by atoms with Crippen LogP contribution in [0.4, 0.5) is 0 Å². The monoisotopic (exact) mass is 1730 g/mol. The van der Waals surface area contributed by atoms with Crippen molar-refractivity contribution in [3.63, 3.8) is 0 Å². The minimum Gasteiger partial charge on any atom is -0.264 e. The summed E-state index contributed by atoms with van der Waals surface area (Å²) in [6, 6.07) is 0. The molecule has 0 saturated carbocycles. The molecule has 0 aromatic heterocycles. The van der Waals surface area contributed by atoms with E-state index < -0.39 is 93.6 Å². The fourth-order valence-electron chi connectivity index (χ4n) is 0. The molecule has 18 N–H and O–H groups in total. The number of rotatable bonds is 0. The Hall–Kier alpha value is 35.8. The molecule has 0 aliphatic heterocycles. The fourth-order valence-corrected chi connectivity index (χ4v) is 0. The van der Waals surface area contributed by atoms with Crippen molar-refractivity contribution >= 4 is 93.6 Å². The van der Waals surface area contributed by atoms with Crippen LogP contribution < -0.4 is 1090 Å². The van der Waals surface area contributed by atoms with E-state index in [0.717, 1.165) is 0 Å². The van der Waals surface area contributed by atoms with Crippen LogP contribution in [0.1, 0.15) is 0 Å². The second-order valence-electron chi connectivity index (χ2n) is 4.03. The van der Waals surface area contributed by atoms with E-state index >= 15 is 0 Å². The standard InChI is InChI=1S/37Na.9H2O4S/c;;;;;;;;;;;;;;;;;;;;;;;;;;;;;;;;;;;;;9*1-5(2,3)4/h;;;;;;;;;;;;;;;;;;;;;;;;;;;;;;;;;;;;;9*(H2,1,2,3,4)/q37*+1;;;;;;;;;. The normalized spacial score (nSPS) is 6.37. The van der Waals surface area contributed by atoms with Crippen LogP contribution in [0.5, 0.6) is 0 Å². The predicted octanol–water partition coefficient (Wildman–Crippen LogP) is -117. The van der Waals surface area contributed by atoms with E-state index in [1.54, 1.807) is 0 Å². The van der Waals surface area contributed by atoms with Gasteiger partial charge in [0, 0.05) is 0 Å². The first-order chi connectivity index (χ1) is 18.0. The van der Waals surface area contributed by atoms with Gasteiger partial charge in [0.2, 0.25) is 0 Å². The summed E-state index contributed by atoms with van der Waals surface area (Å²) in [7, 11) is -42.0. The summed E-state index contributed by atoms with van der Waals surface area (Å²) in [5, 5.41) is 0. The van der Waals surface area contributed by atoms with Crippen molar-refractivity contribution in [1.82, 2.24) is 0 Å². The van der Waals surface area contributed by atoms with Crippen molar-refractivity contribution < 1.29 is 1250 Å². The van der Waals surface area contributed by atoms with E-state index in [0.29, 0.717) is 0 Å². The smallest absolute Gasteiger partial charge is 0.264 e. The van der Waals surface area contributed by atoms with E-state index in [2.05, 4.69) is 0 Å². The van der Waals surface area contributed by atoms with Gasteiger partial charge in [0.15, 0.2) is 0 Å². The zero-order valence-electron chi connectivity index (χ0n) is 56.1. The molecule has 0 aromatic carbocycles. The fraction of sp³-hybridized carbons (Fsp3) is 0. The van der Waals surface area contributed by atoms with Crippen molar-refractivity contribution in [3.05, 3.63) is 0 Å². The van der Waals surface area contributed by atoms with Crippen LogP contribution >= 0.6 is 0 Å². The molecule has 0 aliphatic rings. The molecular weight excluding hydrogens is 1720 g/mol. The zero-order chi connectivity index (χ0) is 40.5. The van der Waals surface area contributed by atoms with Crippen LogP contribution in [0.2, 0.25) is 0 Å². The molecule has 0 radical (unpaired) electrons. The molecule has 0 spiro atoms. The van der Waals surface area contributed by atoms with Gasteiger partial charge in [-0.2, -0.15) is 75.8 Å². The van der Waals surface area contributed by atoms with Gasteiger partial charge in [-0.1, -0.05) is 0 Å². The Balaban J connectivity index is -0.00000000383. The quantitative estimate of drug-likeness (QED) is 0.0791. The molecule has 0 saturated heterocycles. The first-order valence-electron chi connectivity index (χ1n) is 6.29. The van der Waals surface area contributed by atoms with E-state index in [-0.39, 0.29) is 1090 Å². The van der Waals surface area contributed by atoms with Crippen LogP contribution in [0, 0.1) is 0 Å². The molecule has 36 nitrogen and oxygen atoms in total. The van der Waals surface area contributed by atoms with Crippen molar-refractivity contribution in [3.8, 4) is 0 Å². The van der Waals surface area contributed by atoms with E-state index in [9.17, 15) is 0 Å². The summed E-state index contributed by atoms with van der Waals surface area (Å²) in [6.45, 7) is 0. The largest absolute Gasteiger partial charge is 1.00 e. The summed E-state index contributed by atoms with van der Waals surface area (Å²) >= 11 is 0. The SMILES string of the molecule is O=S(=O)(O)O.O=S(=O)(O)O.O=S(=O)(O)O.O=S(=O)(O)O.O=S(=O)(O)O.O=S(=O)(O)O.O=S(=O)(O)O.O=S(=O)(O)O.O=S(=O)(O)O.[Na+].[Na+].[Na+].[Na+].[Na+].[Na+].[Na+].[Na+].[Na+].[Na+].[Na+].[Na+].[Na+].[Na+].[Na+].[Na+].[Na+].[Na+].[Na+].[Na+].[Na+].[Na+].[Na+].[Na+].[Na+].[Na+].[Na+].[Na+].[Na+].[Na+].[Na+].[Na+].[Na+].[Na+].[Na+].[Na+].[Na+]. The van der Waals surface area contributed by atoms with Gasteiger partial charge in [0.05, 0.1) is 0 Å². The van der Waals surface area contributed by atoms with Gasteiger partial charge in [0.1, 0.15) is 0 Å². The van der Waals surface area contributed by atoms with Gasteiger partial charge in [-0.3, -0.25) is 81.9 Å². The van der Waals surface area contributed by atoms with Gasteiger partial charge in [-0.15, -0.1) is 0 Å². The van der Waals surface area contributed by atoms with Gasteiger partial charge in [-0.25, -0.2) is 0 Å². The van der Waals surface area contributed by atoms with E-state index in [1.165, 1.54) is 0 Å². The van der Waals surface area contributed by atoms with Crippen molar-refractivity contribution in [2.45, 2.75) is 0 Å². The Bertz CT molecular complexity index is 1290. The van der Waals surface area contributed by atoms with E-state index in [4.69, 9.17) is 158 Å². The third-order valence-corrected chi connectivity index (χ3v) is 0. The molecule has 0 aromatic rings. The molecule has 82 heavy (non-hydrogen) atoms. The Kier molecular flexibility index (Phi) is 738. The summed E-state index contributed by atoms with van der Waals surface area (Å²) in [5.41, 5.74) is 0. The predicted molar refractivity (Wildman–Crippen MR) is 128 cm³/mol. The van der Waals surface area contributed by atoms with Crippen molar-refractivity contribution in [2.75, 3.05) is 0 Å². The van der Waals surface area contributed by atoms with E-state index in [1.807, 2.05) is 0 Å². The number of hydrogen-bond acceptors (Lipinski definition) is 18. The third-order valence-electron chi connectivity index (χ3n) is 0. The molecule has 0 rings (SSSR count). The van der Waals surface area contributed by atoms with Crippen LogP contribution in [0.25, 0.3) is 0 Å². The maximum Gasteiger partial charge on any atom is 1.00 e. The van der Waals surface area contributed by atoms with Crippen molar-refractivity contribution in [2.24, 2.45) is 0 Å². The van der Waals surface area contributed by atoms with Gasteiger partial charge in [0.25, 0.3) is 0 Å². The molecule has 0 heterocycles. The minimum atomic E-state index is -4.67. The summed E-state index contributed by atoms with van der Waals surface area (Å²) in [6.07, 6.45) is 0. The summed E-state index contributed by atoms with van der Waals surface area (Å²) in [4.78, 5) is 0. The van der Waals surface area contributed by atoms with Gasteiger partial charge in [-0.05, 0) is 0 Å². The maximum absolute atomic E-state index is 8.74. The molecule has 0 amide bonds. The van der Waals surface area contributed by atoms with Crippen LogP contribution in [-0.4, -0.2) is 158 Å². The van der Waals surface area contributed by atoms with Crippen LogP contribution in [0.3, 0.4) is 0 Å².